The van der Waals surface area contributed by atoms with Crippen LogP contribution in [0.4, 0.5) is 4.39 Å². The lowest BCUT2D eigenvalue weighted by Crippen LogP contribution is -2.03. The molecule has 2 rings (SSSR count). The molecule has 1 heterocycles. The summed E-state index contributed by atoms with van der Waals surface area (Å²) in [6.45, 7) is 0. The fraction of sp³-hybridized carbons (Fsp3) is 0.167. The average molecular weight is 266 g/mol. The van der Waals surface area contributed by atoms with Crippen LogP contribution >= 0.6 is 11.8 Å². The Morgan fingerprint density at radius 3 is 2.89 bits per heavy atom. The molecule has 0 radical (unpaired) electrons. The molecule has 0 atom stereocenters. The number of benzene rings is 1. The predicted molar refractivity (Wildman–Crippen MR) is 66.1 cm³/mol. The third-order valence-electron chi connectivity index (χ3n) is 2.49. The van der Waals surface area contributed by atoms with E-state index in [-0.39, 0.29) is 11.4 Å². The number of aromatic carboxylic acids is 1. The van der Waals surface area contributed by atoms with Crippen molar-refractivity contribution in [1.82, 2.24) is 9.78 Å². The molecule has 2 aromatic rings. The molecule has 4 nitrogen and oxygen atoms in total. The number of hydrogen-bond acceptors (Lipinski definition) is 3. The van der Waals surface area contributed by atoms with Gasteiger partial charge in [-0.15, -0.1) is 11.8 Å². The van der Waals surface area contributed by atoms with E-state index in [0.717, 1.165) is 0 Å². The minimum Gasteiger partial charge on any atom is -0.478 e. The smallest absolute Gasteiger partial charge is 0.339 e. The van der Waals surface area contributed by atoms with Gasteiger partial charge < -0.3 is 5.11 Å². The minimum atomic E-state index is -1.02. The molecule has 94 valence electrons. The lowest BCUT2D eigenvalue weighted by Gasteiger charge is -2.05. The van der Waals surface area contributed by atoms with Gasteiger partial charge in [-0.2, -0.15) is 5.10 Å². The highest BCUT2D eigenvalue weighted by Crippen LogP contribution is 2.26. The Morgan fingerprint density at radius 1 is 1.50 bits per heavy atom. The van der Waals surface area contributed by atoms with Crippen molar-refractivity contribution in [1.29, 1.82) is 0 Å². The largest absolute Gasteiger partial charge is 0.478 e. The van der Waals surface area contributed by atoms with Crippen molar-refractivity contribution in [2.75, 3.05) is 0 Å². The van der Waals surface area contributed by atoms with E-state index >= 15 is 0 Å². The van der Waals surface area contributed by atoms with Crippen molar-refractivity contribution >= 4 is 17.7 Å². The second-order valence-electron chi connectivity index (χ2n) is 3.65. The van der Waals surface area contributed by atoms with E-state index in [1.165, 1.54) is 28.7 Å². The van der Waals surface area contributed by atoms with Gasteiger partial charge in [-0.3, -0.25) is 4.68 Å². The van der Waals surface area contributed by atoms with Crippen LogP contribution in [0.3, 0.4) is 0 Å². The van der Waals surface area contributed by atoms with Crippen LogP contribution in [0.5, 0.6) is 0 Å². The third-order valence-corrected chi connectivity index (χ3v) is 3.55. The zero-order valence-electron chi connectivity index (χ0n) is 9.63. The monoisotopic (exact) mass is 266 g/mol. The van der Waals surface area contributed by atoms with Crippen molar-refractivity contribution in [3.63, 3.8) is 0 Å². The highest BCUT2D eigenvalue weighted by atomic mass is 32.2. The molecule has 0 amide bonds. The highest BCUT2D eigenvalue weighted by Gasteiger charge is 2.15. The Kier molecular flexibility index (Phi) is 3.66. The van der Waals surface area contributed by atoms with E-state index in [9.17, 15) is 9.18 Å². The fourth-order valence-corrected chi connectivity index (χ4v) is 2.54. The number of thioether (sulfide) groups is 1. The van der Waals surface area contributed by atoms with Gasteiger partial charge in [0, 0.05) is 17.7 Å². The number of hydrogen-bond donors (Lipinski definition) is 1. The molecule has 0 aliphatic heterocycles. The van der Waals surface area contributed by atoms with E-state index in [1.54, 1.807) is 25.2 Å². The van der Waals surface area contributed by atoms with E-state index in [2.05, 4.69) is 5.10 Å². The SMILES string of the molecule is Cn1ncc(C(=O)O)c1CSc1ccccc1F. The number of carboxylic acids is 1. The first kappa shape index (κ1) is 12.6. The maximum Gasteiger partial charge on any atom is 0.339 e. The Balaban J connectivity index is 2.18. The first-order valence-electron chi connectivity index (χ1n) is 5.21. The van der Waals surface area contributed by atoms with Gasteiger partial charge in [-0.1, -0.05) is 12.1 Å². The molecule has 0 aliphatic carbocycles. The summed E-state index contributed by atoms with van der Waals surface area (Å²) >= 11 is 1.25. The molecular formula is C12H11FN2O2S. The number of aromatic nitrogens is 2. The number of rotatable bonds is 4. The Bertz CT molecular complexity index is 583. The first-order valence-corrected chi connectivity index (χ1v) is 6.19. The molecule has 1 aromatic heterocycles. The van der Waals surface area contributed by atoms with Gasteiger partial charge in [0.15, 0.2) is 0 Å². The van der Waals surface area contributed by atoms with Gasteiger partial charge in [0.2, 0.25) is 0 Å². The van der Waals surface area contributed by atoms with Crippen LogP contribution in [0.2, 0.25) is 0 Å². The van der Waals surface area contributed by atoms with Crippen LogP contribution < -0.4 is 0 Å². The van der Waals surface area contributed by atoms with Gasteiger partial charge in [-0.25, -0.2) is 9.18 Å². The van der Waals surface area contributed by atoms with Crippen LogP contribution in [0.15, 0.2) is 35.4 Å². The van der Waals surface area contributed by atoms with E-state index in [1.807, 2.05) is 0 Å². The van der Waals surface area contributed by atoms with E-state index in [4.69, 9.17) is 5.11 Å². The summed E-state index contributed by atoms with van der Waals surface area (Å²) in [5, 5.41) is 12.9. The maximum atomic E-state index is 13.4. The molecule has 1 aromatic carbocycles. The summed E-state index contributed by atoms with van der Waals surface area (Å²) in [4.78, 5) is 11.5. The Hall–Kier alpha value is -1.82. The molecule has 0 bridgehead atoms. The molecule has 0 aliphatic rings. The molecule has 1 N–H and O–H groups in total. The van der Waals surface area contributed by atoms with Gasteiger partial charge in [0.1, 0.15) is 11.4 Å². The van der Waals surface area contributed by atoms with Crippen molar-refractivity contribution in [3.05, 3.63) is 47.5 Å². The summed E-state index contributed by atoms with van der Waals surface area (Å²) in [6.07, 6.45) is 1.31. The summed E-state index contributed by atoms with van der Waals surface area (Å²) in [7, 11) is 1.67. The molecule has 0 saturated carbocycles. The predicted octanol–water partition coefficient (Wildman–Crippen LogP) is 2.55. The van der Waals surface area contributed by atoms with Crippen LogP contribution in [-0.2, 0) is 12.8 Å². The summed E-state index contributed by atoms with van der Waals surface area (Å²) in [5.41, 5.74) is 0.720. The van der Waals surface area contributed by atoms with Gasteiger partial charge in [0.25, 0.3) is 0 Å². The van der Waals surface area contributed by atoms with E-state index in [0.29, 0.717) is 16.3 Å². The number of halogens is 1. The molecule has 0 saturated heterocycles. The summed E-state index contributed by atoms with van der Waals surface area (Å²) in [6, 6.07) is 6.40. The first-order chi connectivity index (χ1) is 8.59. The molecule has 18 heavy (non-hydrogen) atoms. The standard InChI is InChI=1S/C12H11FN2O2S/c1-15-10(8(6-14-15)12(16)17)7-18-11-5-3-2-4-9(11)13/h2-6H,7H2,1H3,(H,16,17). The number of aryl methyl sites for hydroxylation is 1. The lowest BCUT2D eigenvalue weighted by atomic mass is 10.3. The lowest BCUT2D eigenvalue weighted by molar-refractivity contribution is 0.0696. The van der Waals surface area contributed by atoms with Crippen LogP contribution in [0.25, 0.3) is 0 Å². The number of carbonyl (C=O) groups is 1. The minimum absolute atomic E-state index is 0.154. The zero-order valence-corrected chi connectivity index (χ0v) is 10.4. The second-order valence-corrected chi connectivity index (χ2v) is 4.67. The Morgan fingerprint density at radius 2 is 2.22 bits per heavy atom. The van der Waals surface area contributed by atoms with Crippen molar-refractivity contribution in [2.24, 2.45) is 7.05 Å². The fourth-order valence-electron chi connectivity index (χ4n) is 1.52. The van der Waals surface area contributed by atoms with Crippen molar-refractivity contribution in [3.8, 4) is 0 Å². The van der Waals surface area contributed by atoms with Gasteiger partial charge in [-0.05, 0) is 12.1 Å². The maximum absolute atomic E-state index is 13.4. The van der Waals surface area contributed by atoms with Crippen molar-refractivity contribution in [2.45, 2.75) is 10.6 Å². The molecule has 6 heteroatoms. The topological polar surface area (TPSA) is 55.1 Å². The molecular weight excluding hydrogens is 255 g/mol. The van der Waals surface area contributed by atoms with E-state index < -0.39 is 5.97 Å². The Labute approximate surface area is 107 Å². The van der Waals surface area contributed by atoms with Crippen LogP contribution in [0.1, 0.15) is 16.1 Å². The zero-order chi connectivity index (χ0) is 13.1. The molecule has 0 unspecified atom stereocenters. The summed E-state index contributed by atoms with van der Waals surface area (Å²) < 4.78 is 14.9. The van der Waals surface area contributed by atoms with Crippen LogP contribution in [-0.4, -0.2) is 20.9 Å². The average Bonchev–Trinajstić information content (AvgIpc) is 2.70. The van der Waals surface area contributed by atoms with Crippen LogP contribution in [0, 0.1) is 5.82 Å². The number of nitrogens with zero attached hydrogens (tertiary/aromatic N) is 2. The molecule has 0 fully saturated rings. The number of carboxylic acid groups (broad SMARTS) is 1. The van der Waals surface area contributed by atoms with Crippen molar-refractivity contribution < 1.29 is 14.3 Å². The highest BCUT2D eigenvalue weighted by molar-refractivity contribution is 7.98. The molecule has 0 spiro atoms. The summed E-state index contributed by atoms with van der Waals surface area (Å²) in [5.74, 6) is -0.965. The quantitative estimate of drug-likeness (QED) is 0.864. The third kappa shape index (κ3) is 2.53. The second kappa shape index (κ2) is 5.22. The normalized spacial score (nSPS) is 10.6. The van der Waals surface area contributed by atoms with Gasteiger partial charge in [0.05, 0.1) is 11.9 Å². The van der Waals surface area contributed by atoms with Gasteiger partial charge >= 0.3 is 5.97 Å².